The van der Waals surface area contributed by atoms with Crippen LogP contribution in [0.4, 0.5) is 5.95 Å². The van der Waals surface area contributed by atoms with Crippen LogP contribution in [0.1, 0.15) is 39.7 Å². The van der Waals surface area contributed by atoms with E-state index < -0.39 is 0 Å². The Morgan fingerprint density at radius 1 is 1.29 bits per heavy atom. The summed E-state index contributed by atoms with van der Waals surface area (Å²) in [5.41, 5.74) is 5.97. The zero-order valence-electron chi connectivity index (χ0n) is 11.1. The Morgan fingerprint density at radius 2 is 1.94 bits per heavy atom. The second-order valence-electron chi connectivity index (χ2n) is 5.41. The average molecular weight is 236 g/mol. The predicted molar refractivity (Wildman–Crippen MR) is 71.2 cm³/mol. The highest BCUT2D eigenvalue weighted by Gasteiger charge is 2.24. The SMILES string of the molecule is CC(N)C1CCN(c2nccn2C(C)C)CC1. The zero-order chi connectivity index (χ0) is 12.4. The molecule has 1 saturated heterocycles. The van der Waals surface area contributed by atoms with Crippen molar-refractivity contribution in [1.82, 2.24) is 9.55 Å². The molecule has 1 atom stereocenters. The maximum absolute atomic E-state index is 5.97. The van der Waals surface area contributed by atoms with Crippen molar-refractivity contribution in [3.8, 4) is 0 Å². The van der Waals surface area contributed by atoms with Crippen LogP contribution in [0.5, 0.6) is 0 Å². The van der Waals surface area contributed by atoms with Gasteiger partial charge < -0.3 is 15.2 Å². The van der Waals surface area contributed by atoms with Crippen LogP contribution in [0, 0.1) is 5.92 Å². The normalized spacial score (nSPS) is 19.9. The molecule has 2 N–H and O–H groups in total. The average Bonchev–Trinajstić information content (AvgIpc) is 2.78. The van der Waals surface area contributed by atoms with E-state index in [1.807, 2.05) is 6.20 Å². The van der Waals surface area contributed by atoms with Gasteiger partial charge in [-0.05, 0) is 39.5 Å². The minimum absolute atomic E-state index is 0.321. The second-order valence-corrected chi connectivity index (χ2v) is 5.41. The van der Waals surface area contributed by atoms with Gasteiger partial charge in [0.2, 0.25) is 5.95 Å². The number of nitrogens with two attached hydrogens (primary N) is 1. The lowest BCUT2D eigenvalue weighted by atomic mass is 9.91. The van der Waals surface area contributed by atoms with Crippen molar-refractivity contribution in [3.63, 3.8) is 0 Å². The van der Waals surface area contributed by atoms with Gasteiger partial charge in [0.05, 0.1) is 0 Å². The summed E-state index contributed by atoms with van der Waals surface area (Å²) in [7, 11) is 0. The van der Waals surface area contributed by atoms with Crippen molar-refractivity contribution in [2.75, 3.05) is 18.0 Å². The first-order chi connectivity index (χ1) is 8.09. The minimum atomic E-state index is 0.321. The Morgan fingerprint density at radius 3 is 2.47 bits per heavy atom. The maximum Gasteiger partial charge on any atom is 0.205 e. The van der Waals surface area contributed by atoms with Crippen molar-refractivity contribution in [3.05, 3.63) is 12.4 Å². The van der Waals surface area contributed by atoms with Gasteiger partial charge in [-0.25, -0.2) is 4.98 Å². The topological polar surface area (TPSA) is 47.1 Å². The van der Waals surface area contributed by atoms with Crippen molar-refractivity contribution in [1.29, 1.82) is 0 Å². The fraction of sp³-hybridized carbons (Fsp3) is 0.769. The molecule has 1 unspecified atom stereocenters. The Labute approximate surface area is 104 Å². The highest BCUT2D eigenvalue weighted by Crippen LogP contribution is 2.25. The third-order valence-corrected chi connectivity index (χ3v) is 3.77. The molecule has 0 radical (unpaired) electrons. The number of anilines is 1. The molecule has 0 amide bonds. The fourth-order valence-electron chi connectivity index (χ4n) is 2.58. The second kappa shape index (κ2) is 5.08. The summed E-state index contributed by atoms with van der Waals surface area (Å²) in [6.45, 7) is 8.67. The summed E-state index contributed by atoms with van der Waals surface area (Å²) in [5.74, 6) is 1.79. The van der Waals surface area contributed by atoms with Crippen molar-refractivity contribution >= 4 is 5.95 Å². The first-order valence-corrected chi connectivity index (χ1v) is 6.63. The number of nitrogens with zero attached hydrogens (tertiary/aromatic N) is 3. The van der Waals surface area contributed by atoms with E-state index in [0.29, 0.717) is 18.0 Å². The molecular weight excluding hydrogens is 212 g/mol. The van der Waals surface area contributed by atoms with Gasteiger partial charge in [0.15, 0.2) is 0 Å². The lowest BCUT2D eigenvalue weighted by Gasteiger charge is -2.35. The molecule has 0 aromatic carbocycles. The standard InChI is InChI=1S/C13H24N4/c1-10(2)17-9-6-15-13(17)16-7-4-12(5-8-16)11(3)14/h6,9-12H,4-5,7-8,14H2,1-3H3. The van der Waals surface area contributed by atoms with Crippen LogP contribution in [0.3, 0.4) is 0 Å². The number of aromatic nitrogens is 2. The van der Waals surface area contributed by atoms with E-state index in [0.717, 1.165) is 19.0 Å². The lowest BCUT2D eigenvalue weighted by molar-refractivity contribution is 0.350. The van der Waals surface area contributed by atoms with Gasteiger partial charge in [-0.15, -0.1) is 0 Å². The summed E-state index contributed by atoms with van der Waals surface area (Å²) in [6.07, 6.45) is 6.33. The summed E-state index contributed by atoms with van der Waals surface area (Å²) < 4.78 is 2.24. The summed E-state index contributed by atoms with van der Waals surface area (Å²) in [6, 6.07) is 0.792. The maximum atomic E-state index is 5.97. The molecule has 4 nitrogen and oxygen atoms in total. The minimum Gasteiger partial charge on any atom is -0.342 e. The Balaban J connectivity index is 2.03. The van der Waals surface area contributed by atoms with E-state index in [4.69, 9.17) is 5.73 Å². The number of imidazole rings is 1. The summed E-state index contributed by atoms with van der Waals surface area (Å²) >= 11 is 0. The molecular formula is C13H24N4. The molecule has 1 aliphatic rings. The van der Waals surface area contributed by atoms with Gasteiger partial charge >= 0.3 is 0 Å². The molecule has 1 fully saturated rings. The van der Waals surface area contributed by atoms with Crippen LogP contribution in [0.2, 0.25) is 0 Å². The summed E-state index contributed by atoms with van der Waals surface area (Å²) in [4.78, 5) is 6.88. The van der Waals surface area contributed by atoms with E-state index in [1.165, 1.54) is 12.8 Å². The molecule has 0 bridgehead atoms. The van der Waals surface area contributed by atoms with Crippen LogP contribution >= 0.6 is 0 Å². The van der Waals surface area contributed by atoms with Crippen molar-refractivity contribution < 1.29 is 0 Å². The molecule has 0 spiro atoms. The predicted octanol–water partition coefficient (Wildman–Crippen LogP) is 2.03. The number of hydrogen-bond acceptors (Lipinski definition) is 3. The van der Waals surface area contributed by atoms with Crippen molar-refractivity contribution in [2.24, 2.45) is 11.7 Å². The van der Waals surface area contributed by atoms with E-state index >= 15 is 0 Å². The van der Waals surface area contributed by atoms with E-state index in [-0.39, 0.29) is 0 Å². The van der Waals surface area contributed by atoms with E-state index in [2.05, 4.69) is 41.4 Å². The van der Waals surface area contributed by atoms with Gasteiger partial charge in [-0.3, -0.25) is 0 Å². The van der Waals surface area contributed by atoms with Crippen LogP contribution in [0.25, 0.3) is 0 Å². The van der Waals surface area contributed by atoms with Crippen LogP contribution in [-0.2, 0) is 0 Å². The number of hydrogen-bond donors (Lipinski definition) is 1. The first-order valence-electron chi connectivity index (χ1n) is 6.63. The highest BCUT2D eigenvalue weighted by molar-refractivity contribution is 5.32. The molecule has 4 heteroatoms. The highest BCUT2D eigenvalue weighted by atomic mass is 15.3. The largest absolute Gasteiger partial charge is 0.342 e. The van der Waals surface area contributed by atoms with Gasteiger partial charge in [0.25, 0.3) is 0 Å². The molecule has 2 rings (SSSR count). The Kier molecular flexibility index (Phi) is 3.72. The third kappa shape index (κ3) is 2.63. The Hall–Kier alpha value is -1.03. The smallest absolute Gasteiger partial charge is 0.205 e. The quantitative estimate of drug-likeness (QED) is 0.873. The Bertz CT molecular complexity index is 348. The zero-order valence-corrected chi connectivity index (χ0v) is 11.1. The monoisotopic (exact) mass is 236 g/mol. The first kappa shape index (κ1) is 12.4. The lowest BCUT2D eigenvalue weighted by Crippen LogP contribution is -2.40. The molecule has 0 aliphatic carbocycles. The van der Waals surface area contributed by atoms with Gasteiger partial charge in [0, 0.05) is 37.6 Å². The molecule has 96 valence electrons. The fourth-order valence-corrected chi connectivity index (χ4v) is 2.58. The number of rotatable bonds is 3. The molecule has 17 heavy (non-hydrogen) atoms. The van der Waals surface area contributed by atoms with Gasteiger partial charge in [0.1, 0.15) is 0 Å². The molecule has 2 heterocycles. The summed E-state index contributed by atoms with van der Waals surface area (Å²) in [5, 5.41) is 0. The molecule has 1 aliphatic heterocycles. The van der Waals surface area contributed by atoms with Crippen LogP contribution in [0.15, 0.2) is 12.4 Å². The third-order valence-electron chi connectivity index (χ3n) is 3.77. The molecule has 1 aromatic heterocycles. The van der Waals surface area contributed by atoms with E-state index in [9.17, 15) is 0 Å². The van der Waals surface area contributed by atoms with Gasteiger partial charge in [-0.2, -0.15) is 0 Å². The molecule has 0 saturated carbocycles. The van der Waals surface area contributed by atoms with Crippen molar-refractivity contribution in [2.45, 2.75) is 45.7 Å². The number of piperidine rings is 1. The van der Waals surface area contributed by atoms with Crippen LogP contribution < -0.4 is 10.6 Å². The van der Waals surface area contributed by atoms with Gasteiger partial charge in [-0.1, -0.05) is 0 Å². The van der Waals surface area contributed by atoms with E-state index in [1.54, 1.807) is 0 Å². The molecule has 1 aromatic rings. The van der Waals surface area contributed by atoms with Crippen LogP contribution in [-0.4, -0.2) is 28.7 Å².